The average Bonchev–Trinajstić information content (AvgIpc) is 2.66. The predicted molar refractivity (Wildman–Crippen MR) is 72.1 cm³/mol. The van der Waals surface area contributed by atoms with Gasteiger partial charge < -0.3 is 4.42 Å². The first-order valence-electron chi connectivity index (χ1n) is 4.33. The summed E-state index contributed by atoms with van der Waals surface area (Å²) >= 11 is 13.5. The van der Waals surface area contributed by atoms with Crippen LogP contribution in [-0.4, -0.2) is 5.24 Å². The number of carbonyl (C=O) groups is 1. The van der Waals surface area contributed by atoms with Gasteiger partial charge in [0.1, 0.15) is 5.76 Å². The second-order valence-corrected chi connectivity index (χ2v) is 5.06. The Kier molecular flexibility index (Phi) is 3.56. The zero-order valence-corrected chi connectivity index (χ0v) is 11.5. The lowest BCUT2D eigenvalue weighted by Gasteiger charge is -2.00. The number of furan rings is 1. The Bertz CT molecular complexity index is 549. The second-order valence-electron chi connectivity index (χ2n) is 3.06. The minimum atomic E-state index is -0.618. The van der Waals surface area contributed by atoms with Gasteiger partial charge in [-0.15, -0.1) is 0 Å². The summed E-state index contributed by atoms with van der Waals surface area (Å²) in [7, 11) is 0. The van der Waals surface area contributed by atoms with Crippen molar-refractivity contribution in [3.8, 4) is 11.3 Å². The van der Waals surface area contributed by atoms with E-state index in [1.807, 2.05) is 18.2 Å². The van der Waals surface area contributed by atoms with E-state index < -0.39 is 5.24 Å². The molecule has 0 spiro atoms. The Morgan fingerprint density at radius 1 is 1.25 bits per heavy atom. The molecule has 2 rings (SSSR count). The summed E-state index contributed by atoms with van der Waals surface area (Å²) in [5.41, 5.74) is 0.742. The van der Waals surface area contributed by atoms with Gasteiger partial charge in [-0.3, -0.25) is 4.79 Å². The topological polar surface area (TPSA) is 30.2 Å². The predicted octanol–water partition coefficient (Wildman–Crippen LogP) is 4.58. The molecule has 5 heteroatoms. The molecule has 0 saturated heterocycles. The second kappa shape index (κ2) is 4.77. The van der Waals surface area contributed by atoms with Gasteiger partial charge in [-0.05, 0) is 64.5 Å². The molecule has 0 aliphatic rings. The van der Waals surface area contributed by atoms with Crippen molar-refractivity contribution in [1.82, 2.24) is 0 Å². The number of rotatable bonds is 2. The lowest BCUT2D eigenvalue weighted by molar-refractivity contribution is 0.105. The first-order chi connectivity index (χ1) is 7.58. The van der Waals surface area contributed by atoms with Gasteiger partial charge in [0.2, 0.25) is 0 Å². The summed E-state index contributed by atoms with van der Waals surface area (Å²) in [6.45, 7) is 0. The van der Waals surface area contributed by atoms with Crippen molar-refractivity contribution in [2.45, 2.75) is 0 Å². The SMILES string of the molecule is O=C(Cl)c1ccc(-c2ccc(I)cc2Cl)o1. The molecule has 0 atom stereocenters. The fourth-order valence-electron chi connectivity index (χ4n) is 1.28. The third kappa shape index (κ3) is 2.42. The van der Waals surface area contributed by atoms with Gasteiger partial charge in [-0.25, -0.2) is 0 Å². The molecular weight excluding hydrogens is 362 g/mol. The first kappa shape index (κ1) is 12.0. The molecule has 0 aliphatic carbocycles. The molecule has 0 fully saturated rings. The van der Waals surface area contributed by atoms with Gasteiger partial charge in [-0.2, -0.15) is 0 Å². The van der Waals surface area contributed by atoms with Crippen LogP contribution in [0, 0.1) is 3.57 Å². The number of benzene rings is 1. The van der Waals surface area contributed by atoms with Crippen molar-refractivity contribution in [2.24, 2.45) is 0 Å². The number of halogens is 3. The highest BCUT2D eigenvalue weighted by Crippen LogP contribution is 2.30. The van der Waals surface area contributed by atoms with Crippen LogP contribution in [0.2, 0.25) is 5.02 Å². The molecule has 0 saturated carbocycles. The molecule has 0 radical (unpaired) electrons. The quantitative estimate of drug-likeness (QED) is 0.575. The van der Waals surface area contributed by atoms with Gasteiger partial charge >= 0.3 is 0 Å². The summed E-state index contributed by atoms with van der Waals surface area (Å²) < 4.78 is 6.32. The van der Waals surface area contributed by atoms with E-state index in [2.05, 4.69) is 22.6 Å². The third-order valence-corrected chi connectivity index (χ3v) is 3.17. The Morgan fingerprint density at radius 2 is 2.00 bits per heavy atom. The molecule has 2 nitrogen and oxygen atoms in total. The third-order valence-electron chi connectivity index (χ3n) is 2.00. The summed E-state index contributed by atoms with van der Waals surface area (Å²) in [6.07, 6.45) is 0. The van der Waals surface area contributed by atoms with Crippen LogP contribution in [0.1, 0.15) is 10.6 Å². The maximum Gasteiger partial charge on any atom is 0.287 e. The Labute approximate surface area is 116 Å². The molecule has 1 aromatic heterocycles. The molecule has 1 heterocycles. The van der Waals surface area contributed by atoms with E-state index in [1.54, 1.807) is 6.07 Å². The Hall–Kier alpha value is -0.520. The minimum absolute atomic E-state index is 0.117. The number of carbonyl (C=O) groups excluding carboxylic acids is 1. The fraction of sp³-hybridized carbons (Fsp3) is 0. The van der Waals surface area contributed by atoms with E-state index in [1.165, 1.54) is 6.07 Å². The van der Waals surface area contributed by atoms with E-state index >= 15 is 0 Å². The smallest absolute Gasteiger partial charge is 0.287 e. The molecule has 82 valence electrons. The molecule has 16 heavy (non-hydrogen) atoms. The fourth-order valence-corrected chi connectivity index (χ4v) is 2.33. The van der Waals surface area contributed by atoms with Gasteiger partial charge in [0.15, 0.2) is 5.76 Å². The summed E-state index contributed by atoms with van der Waals surface area (Å²) in [5, 5.41) is -0.0392. The molecule has 0 aliphatic heterocycles. The van der Waals surface area contributed by atoms with Gasteiger partial charge in [-0.1, -0.05) is 11.6 Å². The van der Waals surface area contributed by atoms with Crippen LogP contribution >= 0.6 is 45.8 Å². The van der Waals surface area contributed by atoms with Crippen LogP contribution in [-0.2, 0) is 0 Å². The van der Waals surface area contributed by atoms with Crippen molar-refractivity contribution in [1.29, 1.82) is 0 Å². The van der Waals surface area contributed by atoms with Gasteiger partial charge in [0.25, 0.3) is 5.24 Å². The lowest BCUT2D eigenvalue weighted by Crippen LogP contribution is -1.82. The number of hydrogen-bond donors (Lipinski definition) is 0. The molecular formula is C11H5Cl2IO2. The summed E-state index contributed by atoms with van der Waals surface area (Å²) in [4.78, 5) is 10.9. The zero-order valence-electron chi connectivity index (χ0n) is 7.84. The van der Waals surface area contributed by atoms with Crippen LogP contribution in [0.3, 0.4) is 0 Å². The van der Waals surface area contributed by atoms with Gasteiger partial charge in [0, 0.05) is 9.13 Å². The summed E-state index contributed by atoms with van der Waals surface area (Å²) in [5.74, 6) is 0.650. The van der Waals surface area contributed by atoms with Crippen LogP contribution in [0.15, 0.2) is 34.7 Å². The Morgan fingerprint density at radius 3 is 2.56 bits per heavy atom. The summed E-state index contributed by atoms with van der Waals surface area (Å²) in [6, 6.07) is 8.77. The van der Waals surface area contributed by atoms with Crippen LogP contribution in [0.25, 0.3) is 11.3 Å². The number of hydrogen-bond acceptors (Lipinski definition) is 2. The highest BCUT2D eigenvalue weighted by Gasteiger charge is 2.12. The van der Waals surface area contributed by atoms with Crippen molar-refractivity contribution in [3.63, 3.8) is 0 Å². The molecule has 1 aromatic carbocycles. The maximum absolute atomic E-state index is 10.9. The van der Waals surface area contributed by atoms with E-state index in [4.69, 9.17) is 27.6 Å². The highest BCUT2D eigenvalue weighted by molar-refractivity contribution is 14.1. The molecule has 0 bridgehead atoms. The first-order valence-corrected chi connectivity index (χ1v) is 6.16. The molecule has 0 unspecified atom stereocenters. The standard InChI is InChI=1S/C11H5Cl2IO2/c12-8-5-6(14)1-2-7(8)9-3-4-10(16-9)11(13)15/h1-5H. The van der Waals surface area contributed by atoms with Crippen molar-refractivity contribution in [3.05, 3.63) is 44.7 Å². The molecule has 0 N–H and O–H groups in total. The van der Waals surface area contributed by atoms with Gasteiger partial charge in [0.05, 0.1) is 5.02 Å². The van der Waals surface area contributed by atoms with E-state index in [0.29, 0.717) is 10.8 Å². The van der Waals surface area contributed by atoms with E-state index in [9.17, 15) is 4.79 Å². The molecule has 0 amide bonds. The van der Waals surface area contributed by atoms with Crippen molar-refractivity contribution < 1.29 is 9.21 Å². The van der Waals surface area contributed by atoms with E-state index in [-0.39, 0.29) is 5.76 Å². The van der Waals surface area contributed by atoms with E-state index in [0.717, 1.165) is 9.13 Å². The molecule has 2 aromatic rings. The van der Waals surface area contributed by atoms with Crippen molar-refractivity contribution in [2.75, 3.05) is 0 Å². The monoisotopic (exact) mass is 366 g/mol. The van der Waals surface area contributed by atoms with Crippen LogP contribution in [0.4, 0.5) is 0 Å². The van der Waals surface area contributed by atoms with Crippen LogP contribution in [0.5, 0.6) is 0 Å². The highest BCUT2D eigenvalue weighted by atomic mass is 127. The van der Waals surface area contributed by atoms with Crippen LogP contribution < -0.4 is 0 Å². The minimum Gasteiger partial charge on any atom is -0.452 e. The van der Waals surface area contributed by atoms with Crippen molar-refractivity contribution >= 4 is 51.0 Å². The lowest BCUT2D eigenvalue weighted by atomic mass is 10.2. The Balaban J connectivity index is 2.46. The zero-order chi connectivity index (χ0) is 11.7. The normalized spacial score (nSPS) is 10.4. The largest absolute Gasteiger partial charge is 0.452 e. The average molecular weight is 367 g/mol. The maximum atomic E-state index is 10.9.